The van der Waals surface area contributed by atoms with Gasteiger partial charge in [0, 0.05) is 25.0 Å². The first kappa shape index (κ1) is 10.6. The Balaban J connectivity index is 2.54. The lowest BCUT2D eigenvalue weighted by Crippen LogP contribution is -2.02. The van der Waals surface area contributed by atoms with E-state index in [1.54, 1.807) is 12.4 Å². The second-order valence-electron chi connectivity index (χ2n) is 3.03. The summed E-state index contributed by atoms with van der Waals surface area (Å²) in [6.45, 7) is 2.06. The van der Waals surface area contributed by atoms with Gasteiger partial charge < -0.3 is 0 Å². The van der Waals surface area contributed by atoms with E-state index in [4.69, 9.17) is 11.6 Å². The van der Waals surface area contributed by atoms with Crippen molar-refractivity contribution in [2.24, 2.45) is 0 Å². The molecule has 3 nitrogen and oxygen atoms in total. The number of pyridine rings is 1. The summed E-state index contributed by atoms with van der Waals surface area (Å²) in [5.74, 6) is 1.79. The Bertz CT molecular complexity index is 481. The van der Waals surface area contributed by atoms with Crippen LogP contribution in [-0.2, 0) is 6.42 Å². The Morgan fingerprint density at radius 2 is 2.27 bits per heavy atom. The molecule has 0 spiro atoms. The first-order chi connectivity index (χ1) is 7.22. The maximum Gasteiger partial charge on any atom is 0.152 e. The van der Waals surface area contributed by atoms with Gasteiger partial charge in [-0.3, -0.25) is 4.57 Å². The van der Waals surface area contributed by atoms with Gasteiger partial charge in [-0.25, -0.2) is 9.97 Å². The van der Waals surface area contributed by atoms with E-state index >= 15 is 0 Å². The van der Waals surface area contributed by atoms with E-state index in [1.807, 2.05) is 16.8 Å². The molecule has 0 saturated carbocycles. The molecule has 0 atom stereocenters. The van der Waals surface area contributed by atoms with E-state index in [-0.39, 0.29) is 0 Å². The van der Waals surface area contributed by atoms with Gasteiger partial charge in [0.15, 0.2) is 5.82 Å². The molecule has 2 rings (SSSR count). The highest BCUT2D eigenvalue weighted by Gasteiger charge is 2.08. The Kier molecular flexibility index (Phi) is 3.07. The molecule has 15 heavy (non-hydrogen) atoms. The average molecular weight is 287 g/mol. The third-order valence-corrected chi connectivity index (χ3v) is 2.84. The number of hydrogen-bond acceptors (Lipinski definition) is 2. The topological polar surface area (TPSA) is 30.7 Å². The van der Waals surface area contributed by atoms with Crippen molar-refractivity contribution in [1.29, 1.82) is 0 Å². The zero-order chi connectivity index (χ0) is 10.8. The number of hydrogen-bond donors (Lipinski definition) is 0. The van der Waals surface area contributed by atoms with Crippen molar-refractivity contribution in [1.82, 2.24) is 14.5 Å². The molecule has 2 aromatic rings. The number of aryl methyl sites for hydroxylation is 1. The van der Waals surface area contributed by atoms with Crippen molar-refractivity contribution in [3.8, 4) is 5.82 Å². The summed E-state index contributed by atoms with van der Waals surface area (Å²) >= 11 is 9.27. The molecular formula is C10H9BrClN3. The van der Waals surface area contributed by atoms with Crippen LogP contribution < -0.4 is 0 Å². The summed E-state index contributed by atoms with van der Waals surface area (Å²) in [4.78, 5) is 8.52. The Morgan fingerprint density at radius 1 is 1.47 bits per heavy atom. The molecular weight excluding hydrogens is 277 g/mol. The van der Waals surface area contributed by atoms with Crippen molar-refractivity contribution in [2.75, 3.05) is 0 Å². The molecule has 2 aromatic heterocycles. The fraction of sp³-hybridized carbons (Fsp3) is 0.200. The van der Waals surface area contributed by atoms with Crippen LogP contribution in [0.3, 0.4) is 0 Å². The van der Waals surface area contributed by atoms with Gasteiger partial charge in [-0.05, 0) is 22.0 Å². The van der Waals surface area contributed by atoms with Crippen LogP contribution in [0.15, 0.2) is 29.1 Å². The van der Waals surface area contributed by atoms with E-state index in [0.717, 1.165) is 22.5 Å². The molecule has 0 bridgehead atoms. The van der Waals surface area contributed by atoms with E-state index in [2.05, 4.69) is 32.8 Å². The third-order valence-electron chi connectivity index (χ3n) is 2.05. The van der Waals surface area contributed by atoms with Crippen LogP contribution in [0.4, 0.5) is 0 Å². The highest BCUT2D eigenvalue weighted by molar-refractivity contribution is 9.10. The maximum absolute atomic E-state index is 5.83. The fourth-order valence-corrected chi connectivity index (χ4v) is 2.20. The molecule has 0 aromatic carbocycles. The van der Waals surface area contributed by atoms with Gasteiger partial charge in [0.05, 0.1) is 9.50 Å². The molecule has 0 fully saturated rings. The van der Waals surface area contributed by atoms with Crippen LogP contribution >= 0.6 is 27.5 Å². The summed E-state index contributed by atoms with van der Waals surface area (Å²) in [7, 11) is 0. The number of rotatable bonds is 2. The van der Waals surface area contributed by atoms with Gasteiger partial charge in [-0.1, -0.05) is 18.5 Å². The van der Waals surface area contributed by atoms with Crippen molar-refractivity contribution in [3.05, 3.63) is 40.0 Å². The predicted octanol–water partition coefficient (Wildman–Crippen LogP) is 3.25. The predicted molar refractivity (Wildman–Crippen MR) is 63.4 cm³/mol. The van der Waals surface area contributed by atoms with E-state index in [0.29, 0.717) is 5.02 Å². The molecule has 0 unspecified atom stereocenters. The summed E-state index contributed by atoms with van der Waals surface area (Å²) in [5, 5.41) is 0.615. The molecule has 2 heterocycles. The number of aromatic nitrogens is 3. The fourth-order valence-electron chi connectivity index (χ4n) is 1.37. The molecule has 78 valence electrons. The second kappa shape index (κ2) is 4.33. The van der Waals surface area contributed by atoms with Crippen molar-refractivity contribution >= 4 is 27.5 Å². The number of nitrogens with zero attached hydrogens (tertiary/aromatic N) is 3. The lowest BCUT2D eigenvalue weighted by Gasteiger charge is -2.07. The summed E-state index contributed by atoms with van der Waals surface area (Å²) < 4.78 is 2.81. The van der Waals surface area contributed by atoms with Gasteiger partial charge in [-0.2, -0.15) is 0 Å². The molecule has 0 aliphatic carbocycles. The SMILES string of the molecule is CCc1nccn1-c1ncc(Cl)cc1Br. The van der Waals surface area contributed by atoms with Crippen LogP contribution in [-0.4, -0.2) is 14.5 Å². The summed E-state index contributed by atoms with van der Waals surface area (Å²) in [6, 6.07) is 1.82. The first-order valence-corrected chi connectivity index (χ1v) is 5.73. The Morgan fingerprint density at radius 3 is 2.93 bits per heavy atom. The monoisotopic (exact) mass is 285 g/mol. The van der Waals surface area contributed by atoms with Crippen LogP contribution in [0.1, 0.15) is 12.7 Å². The second-order valence-corrected chi connectivity index (χ2v) is 4.32. The van der Waals surface area contributed by atoms with Crippen LogP contribution in [0.25, 0.3) is 5.82 Å². The molecule has 0 aliphatic rings. The van der Waals surface area contributed by atoms with Gasteiger partial charge in [0.2, 0.25) is 0 Å². The summed E-state index contributed by atoms with van der Waals surface area (Å²) in [5.41, 5.74) is 0. The highest BCUT2D eigenvalue weighted by Crippen LogP contribution is 2.23. The molecule has 0 N–H and O–H groups in total. The van der Waals surface area contributed by atoms with Crippen LogP contribution in [0.5, 0.6) is 0 Å². The van der Waals surface area contributed by atoms with E-state index < -0.39 is 0 Å². The Labute approximate surface area is 101 Å². The third kappa shape index (κ3) is 2.06. The zero-order valence-corrected chi connectivity index (χ0v) is 10.5. The number of halogens is 2. The van der Waals surface area contributed by atoms with Gasteiger partial charge >= 0.3 is 0 Å². The standard InChI is InChI=1S/C10H9BrClN3/c1-2-9-13-3-4-15(9)10-8(11)5-7(12)6-14-10/h3-6H,2H2,1H3. The van der Waals surface area contributed by atoms with Gasteiger partial charge in [0.1, 0.15) is 5.82 Å². The zero-order valence-electron chi connectivity index (χ0n) is 8.11. The number of imidazole rings is 1. The lowest BCUT2D eigenvalue weighted by atomic mass is 10.4. The normalized spacial score (nSPS) is 10.6. The molecule has 0 aliphatic heterocycles. The largest absolute Gasteiger partial charge is 0.287 e. The Hall–Kier alpha value is -0.870. The van der Waals surface area contributed by atoms with Crippen molar-refractivity contribution in [2.45, 2.75) is 13.3 Å². The minimum atomic E-state index is 0.615. The minimum Gasteiger partial charge on any atom is -0.287 e. The molecule has 0 amide bonds. The maximum atomic E-state index is 5.83. The minimum absolute atomic E-state index is 0.615. The van der Waals surface area contributed by atoms with Crippen molar-refractivity contribution < 1.29 is 0 Å². The molecule has 0 saturated heterocycles. The van der Waals surface area contributed by atoms with Crippen LogP contribution in [0, 0.1) is 0 Å². The molecule has 5 heteroatoms. The first-order valence-electron chi connectivity index (χ1n) is 4.56. The van der Waals surface area contributed by atoms with Crippen LogP contribution in [0.2, 0.25) is 5.02 Å². The average Bonchev–Trinajstić information content (AvgIpc) is 2.65. The van der Waals surface area contributed by atoms with Gasteiger partial charge in [-0.15, -0.1) is 0 Å². The highest BCUT2D eigenvalue weighted by atomic mass is 79.9. The van der Waals surface area contributed by atoms with Crippen molar-refractivity contribution in [3.63, 3.8) is 0 Å². The van der Waals surface area contributed by atoms with E-state index in [9.17, 15) is 0 Å². The summed E-state index contributed by atoms with van der Waals surface area (Å²) in [6.07, 6.45) is 6.15. The lowest BCUT2D eigenvalue weighted by molar-refractivity contribution is 0.863. The quantitative estimate of drug-likeness (QED) is 0.848. The molecule has 0 radical (unpaired) electrons. The smallest absolute Gasteiger partial charge is 0.152 e. The van der Waals surface area contributed by atoms with E-state index in [1.165, 1.54) is 0 Å². The van der Waals surface area contributed by atoms with Gasteiger partial charge in [0.25, 0.3) is 0 Å².